The smallest absolute Gasteiger partial charge is 0.230 e. The zero-order valence-electron chi connectivity index (χ0n) is 14.9. The quantitative estimate of drug-likeness (QED) is 0.823. The van der Waals surface area contributed by atoms with Gasteiger partial charge in [-0.3, -0.25) is 4.98 Å². The molecule has 6 heteroatoms. The fourth-order valence-corrected chi connectivity index (χ4v) is 3.81. The van der Waals surface area contributed by atoms with Gasteiger partial charge in [0.2, 0.25) is 11.7 Å². The van der Waals surface area contributed by atoms with Crippen LogP contribution in [0.1, 0.15) is 57.3 Å². The predicted molar refractivity (Wildman–Crippen MR) is 95.6 cm³/mol. The lowest BCUT2D eigenvalue weighted by Crippen LogP contribution is -2.24. The first kappa shape index (κ1) is 16.5. The molecule has 4 rings (SSSR count). The highest BCUT2D eigenvalue weighted by molar-refractivity contribution is 5.54. The molecule has 0 spiro atoms. The summed E-state index contributed by atoms with van der Waals surface area (Å²) in [5, 5.41) is 4.16. The van der Waals surface area contributed by atoms with Crippen LogP contribution in [0.15, 0.2) is 22.9 Å². The van der Waals surface area contributed by atoms with Gasteiger partial charge in [-0.15, -0.1) is 0 Å². The van der Waals surface area contributed by atoms with Crippen molar-refractivity contribution in [1.29, 1.82) is 0 Å². The minimum atomic E-state index is 0.301. The molecular weight excluding hydrogens is 316 g/mol. The van der Waals surface area contributed by atoms with E-state index in [1.54, 1.807) is 0 Å². The van der Waals surface area contributed by atoms with E-state index in [1.807, 2.05) is 12.3 Å². The average Bonchev–Trinajstić information content (AvgIpc) is 3.35. The molecule has 0 N–H and O–H groups in total. The molecule has 0 amide bonds. The van der Waals surface area contributed by atoms with Crippen LogP contribution in [-0.4, -0.2) is 40.9 Å². The SMILES string of the molecule is CCCC1CC(c2nc(-c3ccc(N4CCCC4)cn3)no2)CCO1. The van der Waals surface area contributed by atoms with Crippen molar-refractivity contribution >= 4 is 5.69 Å². The number of hydrogen-bond donors (Lipinski definition) is 0. The zero-order valence-corrected chi connectivity index (χ0v) is 14.9. The van der Waals surface area contributed by atoms with Gasteiger partial charge in [0.05, 0.1) is 18.0 Å². The van der Waals surface area contributed by atoms with E-state index in [0.29, 0.717) is 17.8 Å². The second kappa shape index (κ2) is 7.52. The van der Waals surface area contributed by atoms with Crippen LogP contribution in [0.4, 0.5) is 5.69 Å². The maximum atomic E-state index is 5.82. The van der Waals surface area contributed by atoms with Gasteiger partial charge < -0.3 is 14.2 Å². The summed E-state index contributed by atoms with van der Waals surface area (Å²) in [6.07, 6.45) is 8.91. The molecule has 134 valence electrons. The molecule has 0 bridgehead atoms. The molecule has 4 heterocycles. The van der Waals surface area contributed by atoms with Gasteiger partial charge in [-0.25, -0.2) is 0 Å². The molecule has 2 atom stereocenters. The van der Waals surface area contributed by atoms with E-state index in [1.165, 1.54) is 18.5 Å². The third kappa shape index (κ3) is 3.68. The predicted octanol–water partition coefficient (Wildman–Crippen LogP) is 3.79. The summed E-state index contributed by atoms with van der Waals surface area (Å²) < 4.78 is 11.4. The zero-order chi connectivity index (χ0) is 17.1. The van der Waals surface area contributed by atoms with Crippen molar-refractivity contribution in [3.05, 3.63) is 24.2 Å². The van der Waals surface area contributed by atoms with Crippen LogP contribution < -0.4 is 4.90 Å². The third-order valence-corrected chi connectivity index (χ3v) is 5.22. The van der Waals surface area contributed by atoms with Crippen molar-refractivity contribution in [3.8, 4) is 11.5 Å². The number of rotatable bonds is 5. The highest BCUT2D eigenvalue weighted by Crippen LogP contribution is 2.31. The summed E-state index contributed by atoms with van der Waals surface area (Å²) in [6.45, 7) is 5.21. The number of nitrogens with zero attached hydrogens (tertiary/aromatic N) is 4. The van der Waals surface area contributed by atoms with Crippen LogP contribution in [-0.2, 0) is 4.74 Å². The lowest BCUT2D eigenvalue weighted by Gasteiger charge is -2.27. The number of anilines is 1. The Balaban J connectivity index is 1.45. The Hall–Kier alpha value is -1.95. The fraction of sp³-hybridized carbons (Fsp3) is 0.632. The van der Waals surface area contributed by atoms with Gasteiger partial charge in [0.25, 0.3) is 0 Å². The van der Waals surface area contributed by atoms with E-state index < -0.39 is 0 Å². The maximum Gasteiger partial charge on any atom is 0.230 e. The standard InChI is InChI=1S/C19H26N4O2/c1-2-5-16-12-14(8-11-24-16)19-21-18(22-25-19)17-7-6-15(13-20-17)23-9-3-4-10-23/h6-7,13-14,16H,2-5,8-12H2,1H3. The van der Waals surface area contributed by atoms with E-state index in [0.717, 1.165) is 57.0 Å². The Labute approximate surface area is 148 Å². The number of hydrogen-bond acceptors (Lipinski definition) is 6. The molecule has 0 radical (unpaired) electrons. The van der Waals surface area contributed by atoms with Gasteiger partial charge in [0.15, 0.2) is 0 Å². The van der Waals surface area contributed by atoms with E-state index in [-0.39, 0.29) is 0 Å². The number of ether oxygens (including phenoxy) is 1. The molecule has 2 aliphatic rings. The van der Waals surface area contributed by atoms with Crippen molar-refractivity contribution in [1.82, 2.24) is 15.1 Å². The minimum absolute atomic E-state index is 0.301. The van der Waals surface area contributed by atoms with Crippen LogP contribution in [0.2, 0.25) is 0 Å². The van der Waals surface area contributed by atoms with Gasteiger partial charge in [0, 0.05) is 25.6 Å². The van der Waals surface area contributed by atoms with E-state index in [4.69, 9.17) is 9.26 Å². The minimum Gasteiger partial charge on any atom is -0.378 e. The molecule has 0 saturated carbocycles. The molecule has 2 aliphatic heterocycles. The van der Waals surface area contributed by atoms with Gasteiger partial charge in [-0.1, -0.05) is 18.5 Å². The van der Waals surface area contributed by atoms with Crippen LogP contribution in [0.3, 0.4) is 0 Å². The molecule has 6 nitrogen and oxygen atoms in total. The summed E-state index contributed by atoms with van der Waals surface area (Å²) in [6, 6.07) is 4.10. The van der Waals surface area contributed by atoms with E-state index >= 15 is 0 Å². The highest BCUT2D eigenvalue weighted by Gasteiger charge is 2.28. The Morgan fingerprint density at radius 1 is 1.24 bits per heavy atom. The normalized spacial score (nSPS) is 24.0. The number of aromatic nitrogens is 3. The topological polar surface area (TPSA) is 64.3 Å². The molecule has 2 aromatic heterocycles. The molecule has 2 saturated heterocycles. The van der Waals surface area contributed by atoms with Crippen LogP contribution in [0.25, 0.3) is 11.5 Å². The van der Waals surface area contributed by atoms with Gasteiger partial charge >= 0.3 is 0 Å². The summed E-state index contributed by atoms with van der Waals surface area (Å²) in [7, 11) is 0. The van der Waals surface area contributed by atoms with Gasteiger partial charge in [-0.05, 0) is 44.2 Å². The Kier molecular flexibility index (Phi) is 4.97. The summed E-state index contributed by atoms with van der Waals surface area (Å²) in [5.41, 5.74) is 1.95. The Morgan fingerprint density at radius 2 is 2.12 bits per heavy atom. The van der Waals surface area contributed by atoms with Crippen LogP contribution in [0.5, 0.6) is 0 Å². The third-order valence-electron chi connectivity index (χ3n) is 5.22. The van der Waals surface area contributed by atoms with E-state index in [2.05, 4.69) is 33.0 Å². The van der Waals surface area contributed by atoms with Crippen molar-refractivity contribution < 1.29 is 9.26 Å². The van der Waals surface area contributed by atoms with Crippen molar-refractivity contribution in [2.45, 2.75) is 57.5 Å². The van der Waals surface area contributed by atoms with Gasteiger partial charge in [0.1, 0.15) is 5.69 Å². The first-order valence-corrected chi connectivity index (χ1v) is 9.50. The molecule has 25 heavy (non-hydrogen) atoms. The van der Waals surface area contributed by atoms with Crippen LogP contribution >= 0.6 is 0 Å². The molecule has 2 fully saturated rings. The van der Waals surface area contributed by atoms with Crippen LogP contribution in [0, 0.1) is 0 Å². The monoisotopic (exact) mass is 342 g/mol. The maximum absolute atomic E-state index is 5.82. The van der Waals surface area contributed by atoms with Gasteiger partial charge in [-0.2, -0.15) is 4.98 Å². The lowest BCUT2D eigenvalue weighted by molar-refractivity contribution is -0.00302. The van der Waals surface area contributed by atoms with Crippen molar-refractivity contribution in [2.24, 2.45) is 0 Å². The van der Waals surface area contributed by atoms with Crippen molar-refractivity contribution in [2.75, 3.05) is 24.6 Å². The average molecular weight is 342 g/mol. The fourth-order valence-electron chi connectivity index (χ4n) is 3.81. The molecule has 2 aromatic rings. The second-order valence-corrected chi connectivity index (χ2v) is 7.05. The molecule has 0 aliphatic carbocycles. The Morgan fingerprint density at radius 3 is 2.88 bits per heavy atom. The summed E-state index contributed by atoms with van der Waals surface area (Å²) in [4.78, 5) is 11.5. The number of pyridine rings is 1. The first-order chi connectivity index (χ1) is 12.3. The van der Waals surface area contributed by atoms with E-state index in [9.17, 15) is 0 Å². The largest absolute Gasteiger partial charge is 0.378 e. The summed E-state index contributed by atoms with van der Waals surface area (Å²) >= 11 is 0. The molecule has 2 unspecified atom stereocenters. The summed E-state index contributed by atoms with van der Waals surface area (Å²) in [5.74, 6) is 1.61. The molecular formula is C19H26N4O2. The Bertz CT molecular complexity index is 677. The highest BCUT2D eigenvalue weighted by atomic mass is 16.5. The lowest BCUT2D eigenvalue weighted by atomic mass is 9.93. The first-order valence-electron chi connectivity index (χ1n) is 9.50. The van der Waals surface area contributed by atoms with Crippen molar-refractivity contribution in [3.63, 3.8) is 0 Å². The molecule has 0 aromatic carbocycles. The second-order valence-electron chi connectivity index (χ2n) is 7.05.